The van der Waals surface area contributed by atoms with Crippen LogP contribution < -0.4 is 10.0 Å². The first-order valence-corrected chi connectivity index (χ1v) is 8.96. The number of sulfonamides is 1. The maximum Gasteiger partial charge on any atom is 0.250 e. The summed E-state index contributed by atoms with van der Waals surface area (Å²) >= 11 is 1.28. The molecular weight excluding hydrogens is 308 g/mol. The van der Waals surface area contributed by atoms with Crippen molar-refractivity contribution in [2.45, 2.75) is 24.1 Å². The first-order chi connectivity index (χ1) is 9.88. The predicted octanol–water partition coefficient (Wildman–Crippen LogP) is 1.42. The van der Waals surface area contributed by atoms with Gasteiger partial charge >= 0.3 is 0 Å². The van der Waals surface area contributed by atoms with E-state index in [2.05, 4.69) is 15.1 Å². The Bertz CT molecular complexity index is 691. The van der Waals surface area contributed by atoms with Crippen LogP contribution in [0.1, 0.15) is 23.4 Å². The summed E-state index contributed by atoms with van der Waals surface area (Å²) in [5.41, 5.74) is 1.08. The molecule has 8 heteroatoms. The van der Waals surface area contributed by atoms with Crippen LogP contribution in [0.2, 0.25) is 0 Å². The highest BCUT2D eigenvalue weighted by molar-refractivity contribution is 7.91. The largest absolute Gasteiger partial charge is 0.309 e. The normalized spacial score (nSPS) is 13.5. The Kier molecular flexibility index (Phi) is 5.15. The lowest BCUT2D eigenvalue weighted by Crippen LogP contribution is -2.32. The van der Waals surface area contributed by atoms with E-state index >= 15 is 0 Å². The number of aryl methyl sites for hydroxylation is 2. The molecule has 0 aromatic carbocycles. The van der Waals surface area contributed by atoms with Crippen molar-refractivity contribution >= 4 is 21.4 Å². The monoisotopic (exact) mass is 328 g/mol. The van der Waals surface area contributed by atoms with E-state index in [-0.39, 0.29) is 6.04 Å². The number of thiophene rings is 1. The molecule has 0 radical (unpaired) electrons. The average Bonchev–Trinajstić information content (AvgIpc) is 3.03. The van der Waals surface area contributed by atoms with Gasteiger partial charge in [-0.15, -0.1) is 11.3 Å². The topological polar surface area (TPSA) is 76.0 Å². The minimum absolute atomic E-state index is 0.132. The third-order valence-corrected chi connectivity index (χ3v) is 6.03. The number of aromatic nitrogens is 2. The van der Waals surface area contributed by atoms with Crippen molar-refractivity contribution in [2.24, 2.45) is 7.05 Å². The lowest BCUT2D eigenvalue weighted by atomic mass is 10.2. The van der Waals surface area contributed by atoms with Gasteiger partial charge in [-0.3, -0.25) is 4.68 Å². The van der Waals surface area contributed by atoms with Gasteiger partial charge in [0.2, 0.25) is 10.0 Å². The van der Waals surface area contributed by atoms with Crippen molar-refractivity contribution in [3.63, 3.8) is 0 Å². The fourth-order valence-electron chi connectivity index (χ4n) is 1.88. The van der Waals surface area contributed by atoms with Crippen molar-refractivity contribution in [3.05, 3.63) is 35.0 Å². The van der Waals surface area contributed by atoms with E-state index in [4.69, 9.17) is 0 Å². The molecule has 0 aliphatic rings. The molecule has 2 aromatic heterocycles. The van der Waals surface area contributed by atoms with Crippen LogP contribution >= 0.6 is 11.3 Å². The highest BCUT2D eigenvalue weighted by Gasteiger charge is 2.15. The van der Waals surface area contributed by atoms with Gasteiger partial charge in [0.25, 0.3) is 0 Å². The summed E-state index contributed by atoms with van der Waals surface area (Å²) < 4.78 is 28.8. The molecule has 0 saturated heterocycles. The summed E-state index contributed by atoms with van der Waals surface area (Å²) in [5.74, 6) is 0. The van der Waals surface area contributed by atoms with Crippen molar-refractivity contribution < 1.29 is 8.42 Å². The molecular formula is C13H20N4O2S2. The second-order valence-corrected chi connectivity index (χ2v) is 8.17. The van der Waals surface area contributed by atoms with E-state index in [0.717, 1.165) is 10.4 Å². The highest BCUT2D eigenvalue weighted by Crippen LogP contribution is 2.20. The van der Waals surface area contributed by atoms with Crippen molar-refractivity contribution in [2.75, 3.05) is 13.1 Å². The third kappa shape index (κ3) is 4.37. The first kappa shape index (κ1) is 16.2. The zero-order valence-corrected chi connectivity index (χ0v) is 14.0. The Hall–Kier alpha value is -1.22. The number of hydrogen-bond donors (Lipinski definition) is 2. The molecule has 2 N–H and O–H groups in total. The lowest BCUT2D eigenvalue weighted by Gasteiger charge is -2.12. The molecule has 2 rings (SSSR count). The average molecular weight is 328 g/mol. The van der Waals surface area contributed by atoms with Gasteiger partial charge in [0.15, 0.2) is 0 Å². The standard InChI is InChI=1S/C13H20N4O2S2/c1-10-4-5-13(20-10)21(18,19)16-7-6-14-11(2)12-8-15-17(3)9-12/h4-5,8-9,11,14,16H,6-7H2,1-3H3/t11-/m0/s1. The van der Waals surface area contributed by atoms with Crippen LogP contribution in [-0.4, -0.2) is 31.3 Å². The fraction of sp³-hybridized carbons (Fsp3) is 0.462. The van der Waals surface area contributed by atoms with Gasteiger partial charge in [-0.05, 0) is 26.0 Å². The Balaban J connectivity index is 1.79. The zero-order valence-electron chi connectivity index (χ0n) is 12.3. The third-order valence-electron chi connectivity index (χ3n) is 3.07. The van der Waals surface area contributed by atoms with Crippen molar-refractivity contribution in [1.29, 1.82) is 0 Å². The molecule has 2 aromatic rings. The number of nitrogens with one attached hydrogen (secondary N) is 2. The summed E-state index contributed by atoms with van der Waals surface area (Å²) in [4.78, 5) is 0.985. The fourth-order valence-corrected chi connectivity index (χ4v) is 4.24. The van der Waals surface area contributed by atoms with Gasteiger partial charge in [-0.25, -0.2) is 13.1 Å². The van der Waals surface area contributed by atoms with Gasteiger partial charge in [0, 0.05) is 42.8 Å². The molecule has 0 spiro atoms. The maximum atomic E-state index is 12.0. The molecule has 1 atom stereocenters. The van der Waals surface area contributed by atoms with Crippen LogP contribution in [-0.2, 0) is 17.1 Å². The molecule has 0 amide bonds. The summed E-state index contributed by atoms with van der Waals surface area (Å²) in [6, 6.07) is 3.57. The minimum atomic E-state index is -3.39. The van der Waals surface area contributed by atoms with Gasteiger partial charge in [-0.1, -0.05) is 0 Å². The van der Waals surface area contributed by atoms with E-state index in [1.54, 1.807) is 16.9 Å². The van der Waals surface area contributed by atoms with Crippen LogP contribution in [0.3, 0.4) is 0 Å². The van der Waals surface area contributed by atoms with E-state index in [1.807, 2.05) is 33.2 Å². The van der Waals surface area contributed by atoms with Crippen LogP contribution in [0.25, 0.3) is 0 Å². The molecule has 21 heavy (non-hydrogen) atoms. The summed E-state index contributed by atoms with van der Waals surface area (Å²) in [5, 5.41) is 7.38. The van der Waals surface area contributed by atoms with Crippen molar-refractivity contribution in [3.8, 4) is 0 Å². The van der Waals surface area contributed by atoms with Gasteiger partial charge in [0.1, 0.15) is 4.21 Å². The predicted molar refractivity (Wildman–Crippen MR) is 83.9 cm³/mol. The van der Waals surface area contributed by atoms with E-state index in [0.29, 0.717) is 17.3 Å². The second kappa shape index (κ2) is 6.69. The summed E-state index contributed by atoms with van der Waals surface area (Å²) in [6.45, 7) is 4.82. The molecule has 0 aliphatic heterocycles. The van der Waals surface area contributed by atoms with E-state index < -0.39 is 10.0 Å². The molecule has 0 unspecified atom stereocenters. The van der Waals surface area contributed by atoms with Crippen LogP contribution in [0.4, 0.5) is 0 Å². The van der Waals surface area contributed by atoms with Crippen molar-refractivity contribution in [1.82, 2.24) is 19.8 Å². The molecule has 0 saturated carbocycles. The number of hydrogen-bond acceptors (Lipinski definition) is 5. The van der Waals surface area contributed by atoms with E-state index in [9.17, 15) is 8.42 Å². The summed E-state index contributed by atoms with van der Waals surface area (Å²) in [7, 11) is -1.52. The Morgan fingerprint density at radius 1 is 1.38 bits per heavy atom. The molecule has 116 valence electrons. The quantitative estimate of drug-likeness (QED) is 0.754. The smallest absolute Gasteiger partial charge is 0.250 e. The lowest BCUT2D eigenvalue weighted by molar-refractivity contribution is 0.554. The van der Waals surface area contributed by atoms with Crippen LogP contribution in [0.15, 0.2) is 28.7 Å². The molecule has 6 nitrogen and oxygen atoms in total. The summed E-state index contributed by atoms with van der Waals surface area (Å²) in [6.07, 6.45) is 3.74. The second-order valence-electron chi connectivity index (χ2n) is 4.89. The molecule has 0 fully saturated rings. The Morgan fingerprint density at radius 2 is 2.14 bits per heavy atom. The van der Waals surface area contributed by atoms with Gasteiger partial charge in [0.05, 0.1) is 6.20 Å². The zero-order chi connectivity index (χ0) is 15.5. The highest BCUT2D eigenvalue weighted by atomic mass is 32.2. The Labute approximate surface area is 129 Å². The maximum absolute atomic E-state index is 12.0. The SMILES string of the molecule is Cc1ccc(S(=O)(=O)NCCN[C@@H](C)c2cnn(C)c2)s1. The number of rotatable bonds is 7. The van der Waals surface area contributed by atoms with Gasteiger partial charge in [-0.2, -0.15) is 5.10 Å². The van der Waals surface area contributed by atoms with Gasteiger partial charge < -0.3 is 5.32 Å². The molecule has 2 heterocycles. The minimum Gasteiger partial charge on any atom is -0.309 e. The van der Waals surface area contributed by atoms with E-state index in [1.165, 1.54) is 11.3 Å². The van der Waals surface area contributed by atoms with Crippen LogP contribution in [0, 0.1) is 6.92 Å². The molecule has 0 bridgehead atoms. The first-order valence-electron chi connectivity index (χ1n) is 6.66. The molecule has 0 aliphatic carbocycles. The van der Waals surface area contributed by atoms with Crippen LogP contribution in [0.5, 0.6) is 0 Å². The Morgan fingerprint density at radius 3 is 2.71 bits per heavy atom. The number of nitrogens with zero attached hydrogens (tertiary/aromatic N) is 2.